The average Bonchev–Trinajstić information content (AvgIpc) is 3.45. The number of carbonyl (C=O) groups is 2. The molecule has 1 fully saturated rings. The lowest BCUT2D eigenvalue weighted by molar-refractivity contribution is -0.124. The summed E-state index contributed by atoms with van der Waals surface area (Å²) >= 11 is 1.65. The molecule has 0 bridgehead atoms. The van der Waals surface area contributed by atoms with Crippen LogP contribution in [0.3, 0.4) is 0 Å². The summed E-state index contributed by atoms with van der Waals surface area (Å²) < 4.78 is 28.7. The molecule has 2 aliphatic rings. The van der Waals surface area contributed by atoms with Gasteiger partial charge in [-0.25, -0.2) is 18.2 Å². The molecular weight excluding hydrogens is 472 g/mol. The summed E-state index contributed by atoms with van der Waals surface area (Å²) in [6.45, 7) is -0.460. The predicted molar refractivity (Wildman–Crippen MR) is 132 cm³/mol. The second-order valence-corrected chi connectivity index (χ2v) is 11.8. The van der Waals surface area contributed by atoms with Gasteiger partial charge in [0.05, 0.1) is 28.3 Å². The third-order valence-electron chi connectivity index (χ3n) is 6.17. The van der Waals surface area contributed by atoms with Crippen LogP contribution in [0.2, 0.25) is 0 Å². The SMILES string of the molecule is O=C(COC(=O)c1c2c(nc3ccccc13)/C(=C/c1cccs1)CCC2)NC1CCS(=O)(=O)C1. The first-order valence-electron chi connectivity index (χ1n) is 11.2. The number of amides is 1. The first kappa shape index (κ1) is 22.7. The van der Waals surface area contributed by atoms with Crippen molar-refractivity contribution < 1.29 is 22.7 Å². The number of para-hydroxylation sites is 1. The van der Waals surface area contributed by atoms with Crippen molar-refractivity contribution in [1.82, 2.24) is 10.3 Å². The minimum absolute atomic E-state index is 0.0637. The molecule has 3 aromatic rings. The number of hydrogen-bond donors (Lipinski definition) is 1. The molecule has 1 aliphatic heterocycles. The van der Waals surface area contributed by atoms with Gasteiger partial charge in [-0.05, 0) is 60.4 Å². The highest BCUT2D eigenvalue weighted by Gasteiger charge is 2.30. The number of hydrogen-bond acceptors (Lipinski definition) is 7. The second-order valence-electron chi connectivity index (χ2n) is 8.61. The number of allylic oxidation sites excluding steroid dienone is 1. The zero-order valence-corrected chi connectivity index (χ0v) is 20.1. The van der Waals surface area contributed by atoms with Gasteiger partial charge in [0, 0.05) is 16.3 Å². The highest BCUT2D eigenvalue weighted by atomic mass is 32.2. The normalized spacial score (nSPS) is 20.2. The van der Waals surface area contributed by atoms with Crippen molar-refractivity contribution in [3.63, 3.8) is 0 Å². The quantitative estimate of drug-likeness (QED) is 0.541. The number of ether oxygens (including phenoxy) is 1. The number of sulfone groups is 1. The van der Waals surface area contributed by atoms with Crippen LogP contribution in [0.1, 0.15) is 45.8 Å². The Morgan fingerprint density at radius 3 is 2.79 bits per heavy atom. The van der Waals surface area contributed by atoms with Gasteiger partial charge in [0.2, 0.25) is 0 Å². The Bertz CT molecular complexity index is 1390. The van der Waals surface area contributed by atoms with Gasteiger partial charge in [-0.15, -0.1) is 11.3 Å². The highest BCUT2D eigenvalue weighted by molar-refractivity contribution is 7.91. The van der Waals surface area contributed by atoms with Crippen LogP contribution < -0.4 is 5.32 Å². The number of esters is 1. The number of thiophene rings is 1. The van der Waals surface area contributed by atoms with Crippen LogP contribution in [-0.4, -0.2) is 49.4 Å². The molecule has 1 saturated heterocycles. The number of benzene rings is 1. The van der Waals surface area contributed by atoms with Crippen LogP contribution in [0.25, 0.3) is 22.6 Å². The fourth-order valence-electron chi connectivity index (χ4n) is 4.63. The van der Waals surface area contributed by atoms with Gasteiger partial charge in [-0.3, -0.25) is 4.79 Å². The number of carbonyl (C=O) groups excluding carboxylic acids is 2. The Labute approximate surface area is 201 Å². The summed E-state index contributed by atoms with van der Waals surface area (Å²) in [6.07, 6.45) is 4.97. The van der Waals surface area contributed by atoms with Gasteiger partial charge >= 0.3 is 5.97 Å². The summed E-state index contributed by atoms with van der Waals surface area (Å²) in [4.78, 5) is 31.6. The zero-order chi connectivity index (χ0) is 23.7. The molecule has 3 heterocycles. The minimum atomic E-state index is -3.11. The average molecular weight is 497 g/mol. The molecule has 1 aromatic carbocycles. The van der Waals surface area contributed by atoms with Crippen LogP contribution in [0.15, 0.2) is 41.8 Å². The van der Waals surface area contributed by atoms with Crippen LogP contribution in [-0.2, 0) is 25.8 Å². The van der Waals surface area contributed by atoms with Crippen LogP contribution >= 0.6 is 11.3 Å². The minimum Gasteiger partial charge on any atom is -0.452 e. The van der Waals surface area contributed by atoms with E-state index in [9.17, 15) is 18.0 Å². The van der Waals surface area contributed by atoms with Gasteiger partial charge in [-0.1, -0.05) is 24.3 Å². The molecule has 34 heavy (non-hydrogen) atoms. The molecule has 7 nitrogen and oxygen atoms in total. The summed E-state index contributed by atoms with van der Waals surface area (Å²) in [5, 5.41) is 5.38. The van der Waals surface area contributed by atoms with Gasteiger partial charge < -0.3 is 10.1 Å². The Morgan fingerprint density at radius 1 is 1.18 bits per heavy atom. The van der Waals surface area contributed by atoms with Gasteiger partial charge in [0.1, 0.15) is 0 Å². The van der Waals surface area contributed by atoms with E-state index in [1.807, 2.05) is 35.7 Å². The summed E-state index contributed by atoms with van der Waals surface area (Å²) in [5.74, 6) is -1.08. The third kappa shape index (κ3) is 4.76. The molecular formula is C25H24N2O5S2. The molecule has 0 radical (unpaired) electrons. The first-order chi connectivity index (χ1) is 16.4. The predicted octanol–water partition coefficient (Wildman–Crippen LogP) is 3.63. The maximum absolute atomic E-state index is 13.3. The van der Waals surface area contributed by atoms with E-state index in [-0.39, 0.29) is 11.5 Å². The number of rotatable bonds is 5. The van der Waals surface area contributed by atoms with Crippen LogP contribution in [0.5, 0.6) is 0 Å². The fourth-order valence-corrected chi connectivity index (χ4v) is 6.99. The Morgan fingerprint density at radius 2 is 2.03 bits per heavy atom. The molecule has 1 N–H and O–H groups in total. The molecule has 1 amide bonds. The Hall–Kier alpha value is -3.04. The van der Waals surface area contributed by atoms with Crippen molar-refractivity contribution in [2.24, 2.45) is 0 Å². The molecule has 2 aromatic heterocycles. The largest absolute Gasteiger partial charge is 0.452 e. The highest BCUT2D eigenvalue weighted by Crippen LogP contribution is 2.36. The Balaban J connectivity index is 1.42. The van der Waals surface area contributed by atoms with Crippen molar-refractivity contribution >= 4 is 55.6 Å². The summed E-state index contributed by atoms with van der Waals surface area (Å²) in [6, 6.07) is 11.1. The van der Waals surface area contributed by atoms with Crippen molar-refractivity contribution in [3.05, 3.63) is 63.5 Å². The maximum Gasteiger partial charge on any atom is 0.339 e. The molecule has 1 aliphatic carbocycles. The topological polar surface area (TPSA) is 102 Å². The molecule has 0 spiro atoms. The van der Waals surface area contributed by atoms with E-state index in [0.717, 1.165) is 34.5 Å². The van der Waals surface area contributed by atoms with Gasteiger partial charge in [0.25, 0.3) is 5.91 Å². The van der Waals surface area contributed by atoms with E-state index in [0.29, 0.717) is 29.3 Å². The number of pyridine rings is 1. The van der Waals surface area contributed by atoms with Crippen molar-refractivity contribution in [2.45, 2.75) is 31.7 Å². The molecule has 1 atom stereocenters. The van der Waals surface area contributed by atoms with E-state index >= 15 is 0 Å². The van der Waals surface area contributed by atoms with E-state index in [2.05, 4.69) is 17.5 Å². The Kier molecular flexibility index (Phi) is 6.22. The number of nitrogens with one attached hydrogen (secondary N) is 1. The van der Waals surface area contributed by atoms with Gasteiger partial charge in [0.15, 0.2) is 16.4 Å². The van der Waals surface area contributed by atoms with E-state index in [1.54, 1.807) is 11.3 Å². The second kappa shape index (κ2) is 9.31. The monoisotopic (exact) mass is 496 g/mol. The van der Waals surface area contributed by atoms with E-state index in [4.69, 9.17) is 9.72 Å². The lowest BCUT2D eigenvalue weighted by Gasteiger charge is -2.22. The lowest BCUT2D eigenvalue weighted by atomic mass is 9.86. The lowest BCUT2D eigenvalue weighted by Crippen LogP contribution is -2.38. The van der Waals surface area contributed by atoms with E-state index in [1.165, 1.54) is 0 Å². The molecule has 5 rings (SSSR count). The molecule has 1 unspecified atom stereocenters. The summed E-state index contributed by atoms with van der Waals surface area (Å²) in [5.41, 5.74) is 3.90. The van der Waals surface area contributed by atoms with Crippen molar-refractivity contribution in [1.29, 1.82) is 0 Å². The number of nitrogens with zero attached hydrogens (tertiary/aromatic N) is 1. The van der Waals surface area contributed by atoms with Crippen LogP contribution in [0, 0.1) is 0 Å². The van der Waals surface area contributed by atoms with Crippen molar-refractivity contribution in [3.8, 4) is 0 Å². The number of fused-ring (bicyclic) bond motifs is 2. The third-order valence-corrected chi connectivity index (χ3v) is 8.75. The zero-order valence-electron chi connectivity index (χ0n) is 18.5. The van der Waals surface area contributed by atoms with E-state index < -0.39 is 34.4 Å². The first-order valence-corrected chi connectivity index (χ1v) is 13.9. The maximum atomic E-state index is 13.3. The summed E-state index contributed by atoms with van der Waals surface area (Å²) in [7, 11) is -3.11. The standard InChI is InChI=1S/C25H24N2O5S2/c28-22(26-17-10-12-34(30,31)15-17)14-32-25(29)23-19-7-1-2-9-21(19)27-24-16(5-3-8-20(23)24)13-18-6-4-11-33-18/h1-2,4,6-7,9,11,13,17H,3,5,8,10,12,14-15H2,(H,26,28)/b16-13+. The molecule has 9 heteroatoms. The van der Waals surface area contributed by atoms with Gasteiger partial charge in [-0.2, -0.15) is 0 Å². The molecule has 176 valence electrons. The number of aromatic nitrogens is 1. The molecule has 0 saturated carbocycles. The fraction of sp³-hybridized carbons (Fsp3) is 0.320. The van der Waals surface area contributed by atoms with Crippen molar-refractivity contribution in [2.75, 3.05) is 18.1 Å². The smallest absolute Gasteiger partial charge is 0.339 e. The van der Waals surface area contributed by atoms with Crippen LogP contribution in [0.4, 0.5) is 0 Å².